The van der Waals surface area contributed by atoms with E-state index in [-0.39, 0.29) is 5.41 Å². The van der Waals surface area contributed by atoms with Gasteiger partial charge in [0.2, 0.25) is 0 Å². The van der Waals surface area contributed by atoms with Crippen molar-refractivity contribution < 1.29 is 0 Å². The molecule has 90 valence electrons. The molecule has 0 saturated heterocycles. The minimum Gasteiger partial charge on any atom is -0.398 e. The van der Waals surface area contributed by atoms with Crippen LogP contribution in [0.4, 0.5) is 5.69 Å². The molecule has 3 nitrogen and oxygen atoms in total. The molecule has 1 aromatic carbocycles. The number of hydrogen-bond acceptors (Lipinski definition) is 3. The van der Waals surface area contributed by atoms with Gasteiger partial charge in [0.05, 0.1) is 6.07 Å². The molecule has 2 N–H and O–H groups in total. The molecule has 0 atom stereocenters. The average molecular weight is 229 g/mol. The van der Waals surface area contributed by atoms with Crippen molar-refractivity contribution in [1.29, 1.82) is 5.26 Å². The van der Waals surface area contributed by atoms with E-state index in [0.29, 0.717) is 6.42 Å². The standard InChI is InChI=1S/C14H19N3/c1-17(11-14(6-7-14)8-9-15)10-12-4-2-3-5-13(12)16/h2-5H,6-8,10-11,16H2,1H3. The topological polar surface area (TPSA) is 53.0 Å². The highest BCUT2D eigenvalue weighted by molar-refractivity contribution is 5.46. The van der Waals surface area contributed by atoms with E-state index in [0.717, 1.165) is 18.8 Å². The highest BCUT2D eigenvalue weighted by atomic mass is 15.1. The van der Waals surface area contributed by atoms with Crippen LogP contribution in [0.25, 0.3) is 0 Å². The van der Waals surface area contributed by atoms with Gasteiger partial charge < -0.3 is 10.6 Å². The first kappa shape index (κ1) is 11.9. The summed E-state index contributed by atoms with van der Waals surface area (Å²) in [6, 6.07) is 10.3. The summed E-state index contributed by atoms with van der Waals surface area (Å²) in [6.45, 7) is 1.86. The molecule has 3 heteroatoms. The van der Waals surface area contributed by atoms with Crippen LogP contribution in [0.5, 0.6) is 0 Å². The summed E-state index contributed by atoms with van der Waals surface area (Å²) < 4.78 is 0. The fourth-order valence-corrected chi connectivity index (χ4v) is 2.33. The molecule has 1 aromatic rings. The van der Waals surface area contributed by atoms with E-state index in [1.54, 1.807) is 0 Å². The second kappa shape index (κ2) is 4.77. The van der Waals surface area contributed by atoms with Crippen molar-refractivity contribution in [2.75, 3.05) is 19.3 Å². The number of nitrogens with zero attached hydrogens (tertiary/aromatic N) is 2. The third kappa shape index (κ3) is 2.98. The maximum absolute atomic E-state index is 8.80. The summed E-state index contributed by atoms with van der Waals surface area (Å²) in [7, 11) is 2.10. The number of nitriles is 1. The van der Waals surface area contributed by atoms with Crippen LogP contribution in [0.1, 0.15) is 24.8 Å². The Labute approximate surface area is 103 Å². The monoisotopic (exact) mass is 229 g/mol. The lowest BCUT2D eigenvalue weighted by atomic mass is 10.0. The third-order valence-electron chi connectivity index (χ3n) is 3.51. The van der Waals surface area contributed by atoms with Gasteiger partial charge in [-0.05, 0) is 36.9 Å². The van der Waals surface area contributed by atoms with Crippen molar-refractivity contribution in [3.63, 3.8) is 0 Å². The Morgan fingerprint density at radius 2 is 2.12 bits per heavy atom. The van der Waals surface area contributed by atoms with Crippen LogP contribution in [0, 0.1) is 16.7 Å². The summed E-state index contributed by atoms with van der Waals surface area (Å²) in [5.41, 5.74) is 8.22. The van der Waals surface area contributed by atoms with Crippen molar-refractivity contribution in [3.8, 4) is 6.07 Å². The third-order valence-corrected chi connectivity index (χ3v) is 3.51. The summed E-state index contributed by atoms with van der Waals surface area (Å²) >= 11 is 0. The van der Waals surface area contributed by atoms with Gasteiger partial charge in [0.1, 0.15) is 0 Å². The van der Waals surface area contributed by atoms with E-state index >= 15 is 0 Å². The fraction of sp³-hybridized carbons (Fsp3) is 0.500. The lowest BCUT2D eigenvalue weighted by molar-refractivity contribution is 0.258. The van der Waals surface area contributed by atoms with Crippen LogP contribution in [0.2, 0.25) is 0 Å². The number of anilines is 1. The van der Waals surface area contributed by atoms with Crippen LogP contribution in [0.15, 0.2) is 24.3 Å². The van der Waals surface area contributed by atoms with Crippen molar-refractivity contribution >= 4 is 5.69 Å². The SMILES string of the molecule is CN(Cc1ccccc1N)CC1(CC#N)CC1. The van der Waals surface area contributed by atoms with Crippen molar-refractivity contribution in [1.82, 2.24) is 4.90 Å². The number of hydrogen-bond donors (Lipinski definition) is 1. The van der Waals surface area contributed by atoms with E-state index in [1.165, 1.54) is 18.4 Å². The molecule has 0 radical (unpaired) electrons. The molecule has 0 heterocycles. The van der Waals surface area contributed by atoms with Gasteiger partial charge in [-0.25, -0.2) is 0 Å². The van der Waals surface area contributed by atoms with Gasteiger partial charge in [-0.15, -0.1) is 0 Å². The molecule has 0 spiro atoms. The molecule has 2 rings (SSSR count). The molecule has 0 aromatic heterocycles. The Morgan fingerprint density at radius 1 is 1.41 bits per heavy atom. The number of nitrogens with two attached hydrogens (primary N) is 1. The summed E-state index contributed by atoms with van der Waals surface area (Å²) in [5.74, 6) is 0. The molecule has 1 aliphatic rings. The average Bonchev–Trinajstić information content (AvgIpc) is 3.02. The maximum atomic E-state index is 8.80. The maximum Gasteiger partial charge on any atom is 0.0628 e. The van der Waals surface area contributed by atoms with Crippen molar-refractivity contribution in [2.24, 2.45) is 5.41 Å². The van der Waals surface area contributed by atoms with E-state index in [2.05, 4.69) is 24.1 Å². The Hall–Kier alpha value is -1.53. The van der Waals surface area contributed by atoms with E-state index in [1.807, 2.05) is 18.2 Å². The normalized spacial score (nSPS) is 16.8. The predicted molar refractivity (Wildman–Crippen MR) is 69.1 cm³/mol. The van der Waals surface area contributed by atoms with Crippen LogP contribution >= 0.6 is 0 Å². The summed E-state index contributed by atoms with van der Waals surface area (Å²) in [5, 5.41) is 8.80. The quantitative estimate of drug-likeness (QED) is 0.789. The molecular weight excluding hydrogens is 210 g/mol. The van der Waals surface area contributed by atoms with Gasteiger partial charge in [0.15, 0.2) is 0 Å². The smallest absolute Gasteiger partial charge is 0.0628 e. The second-order valence-electron chi connectivity index (χ2n) is 5.21. The zero-order valence-electron chi connectivity index (χ0n) is 10.3. The highest BCUT2D eigenvalue weighted by Crippen LogP contribution is 2.49. The van der Waals surface area contributed by atoms with E-state index in [4.69, 9.17) is 11.0 Å². The number of nitrogen functional groups attached to an aromatic ring is 1. The van der Waals surface area contributed by atoms with Crippen LogP contribution in [-0.2, 0) is 6.54 Å². The Bertz CT molecular complexity index is 429. The van der Waals surface area contributed by atoms with Crippen LogP contribution in [0.3, 0.4) is 0 Å². The first-order chi connectivity index (χ1) is 8.15. The first-order valence-electron chi connectivity index (χ1n) is 6.04. The second-order valence-corrected chi connectivity index (χ2v) is 5.21. The Morgan fingerprint density at radius 3 is 2.71 bits per heavy atom. The molecule has 0 bridgehead atoms. The van der Waals surface area contributed by atoms with Gasteiger partial charge in [-0.1, -0.05) is 18.2 Å². The molecule has 1 aliphatic carbocycles. The number of para-hydroxylation sites is 1. The lowest BCUT2D eigenvalue weighted by Crippen LogP contribution is -2.26. The van der Waals surface area contributed by atoms with Gasteiger partial charge in [0.25, 0.3) is 0 Å². The molecule has 1 fully saturated rings. The first-order valence-corrected chi connectivity index (χ1v) is 6.04. The van der Waals surface area contributed by atoms with E-state index < -0.39 is 0 Å². The van der Waals surface area contributed by atoms with Gasteiger partial charge >= 0.3 is 0 Å². The predicted octanol–water partition coefficient (Wildman–Crippen LogP) is 2.39. The van der Waals surface area contributed by atoms with Crippen molar-refractivity contribution in [3.05, 3.63) is 29.8 Å². The zero-order chi connectivity index (χ0) is 12.3. The van der Waals surface area contributed by atoms with E-state index in [9.17, 15) is 0 Å². The van der Waals surface area contributed by atoms with Gasteiger partial charge in [-0.3, -0.25) is 0 Å². The number of rotatable bonds is 5. The summed E-state index contributed by atoms with van der Waals surface area (Å²) in [4.78, 5) is 2.27. The highest BCUT2D eigenvalue weighted by Gasteiger charge is 2.42. The number of benzene rings is 1. The lowest BCUT2D eigenvalue weighted by Gasteiger charge is -2.22. The Balaban J connectivity index is 1.92. The van der Waals surface area contributed by atoms with Gasteiger partial charge in [-0.2, -0.15) is 5.26 Å². The molecule has 17 heavy (non-hydrogen) atoms. The zero-order valence-corrected chi connectivity index (χ0v) is 10.3. The molecule has 1 saturated carbocycles. The molecule has 0 aliphatic heterocycles. The molecule has 0 amide bonds. The molecular formula is C14H19N3. The summed E-state index contributed by atoms with van der Waals surface area (Å²) in [6.07, 6.45) is 3.06. The van der Waals surface area contributed by atoms with Crippen LogP contribution in [-0.4, -0.2) is 18.5 Å². The van der Waals surface area contributed by atoms with Crippen LogP contribution < -0.4 is 5.73 Å². The minimum atomic E-state index is 0.271. The van der Waals surface area contributed by atoms with Crippen molar-refractivity contribution in [2.45, 2.75) is 25.8 Å². The minimum absolute atomic E-state index is 0.271. The largest absolute Gasteiger partial charge is 0.398 e. The molecule has 0 unspecified atom stereocenters. The Kier molecular flexibility index (Phi) is 3.35. The van der Waals surface area contributed by atoms with Gasteiger partial charge in [0, 0.05) is 25.2 Å². The fourth-order valence-electron chi connectivity index (χ4n) is 2.33.